The summed E-state index contributed by atoms with van der Waals surface area (Å²) in [5, 5.41) is 0. The van der Waals surface area contributed by atoms with Gasteiger partial charge in [-0.15, -0.1) is 0 Å². The largest absolute Gasteiger partial charge is 0.334 e. The molecule has 3 N–H and O–H groups in total. The fraction of sp³-hybridized carbons (Fsp3) is 0.500. The maximum atomic E-state index is 12.5. The molecule has 1 saturated heterocycles. The minimum Gasteiger partial charge on any atom is -0.334 e. The first kappa shape index (κ1) is 12.9. The summed E-state index contributed by atoms with van der Waals surface area (Å²) in [5.74, 6) is 5.51. The van der Waals surface area contributed by atoms with Crippen molar-refractivity contribution in [2.45, 2.75) is 39.2 Å². The lowest BCUT2D eigenvalue weighted by Gasteiger charge is -2.31. The van der Waals surface area contributed by atoms with Gasteiger partial charge in [0.15, 0.2) is 0 Å². The Hall–Kier alpha value is -1.55. The van der Waals surface area contributed by atoms with Gasteiger partial charge >= 0.3 is 0 Å². The second kappa shape index (κ2) is 4.61. The Morgan fingerprint density at radius 3 is 2.67 bits per heavy atom. The Kier molecular flexibility index (Phi) is 3.30. The van der Waals surface area contributed by atoms with Crippen LogP contribution in [0.2, 0.25) is 0 Å². The topological polar surface area (TPSA) is 58.4 Å². The van der Waals surface area contributed by atoms with Crippen LogP contribution >= 0.6 is 0 Å². The van der Waals surface area contributed by atoms with E-state index >= 15 is 0 Å². The minimum atomic E-state index is -0.0320. The quantitative estimate of drug-likeness (QED) is 0.622. The summed E-state index contributed by atoms with van der Waals surface area (Å²) in [6, 6.07) is 5.58. The van der Waals surface area contributed by atoms with Gasteiger partial charge in [0.1, 0.15) is 0 Å². The molecular formula is C14H21N3O. The number of hydrogen-bond donors (Lipinski definition) is 2. The molecule has 1 aliphatic rings. The zero-order valence-electron chi connectivity index (χ0n) is 11.3. The number of nitrogens with two attached hydrogens (primary N) is 1. The predicted octanol–water partition coefficient (Wildman–Crippen LogP) is 2.30. The highest BCUT2D eigenvalue weighted by atomic mass is 16.2. The highest BCUT2D eigenvalue weighted by Crippen LogP contribution is 2.30. The summed E-state index contributed by atoms with van der Waals surface area (Å²) in [6.07, 6.45) is 2.15. The molecule has 0 bridgehead atoms. The van der Waals surface area contributed by atoms with Crippen molar-refractivity contribution in [3.8, 4) is 0 Å². The first-order valence-corrected chi connectivity index (χ1v) is 6.35. The highest BCUT2D eigenvalue weighted by Gasteiger charge is 2.35. The number of nitrogens with one attached hydrogen (secondary N) is 1. The third-order valence-electron chi connectivity index (χ3n) is 3.78. The lowest BCUT2D eigenvalue weighted by atomic mass is 10.0. The monoisotopic (exact) mass is 247 g/mol. The molecule has 1 fully saturated rings. The average Bonchev–Trinajstić information content (AvgIpc) is 2.68. The van der Waals surface area contributed by atoms with Crippen LogP contribution in [0.1, 0.15) is 42.6 Å². The number of aryl methyl sites for hydroxylation is 1. The normalized spacial score (nSPS) is 17.9. The molecule has 0 spiro atoms. The lowest BCUT2D eigenvalue weighted by molar-refractivity contribution is 0.0652. The molecule has 0 saturated carbocycles. The third-order valence-corrected chi connectivity index (χ3v) is 3.78. The zero-order valence-corrected chi connectivity index (χ0v) is 11.3. The second-order valence-electron chi connectivity index (χ2n) is 5.55. The molecule has 98 valence electrons. The molecular weight excluding hydrogens is 226 g/mol. The molecule has 1 amide bonds. The maximum Gasteiger partial charge on any atom is 0.254 e. The maximum absolute atomic E-state index is 12.5. The number of carbonyl (C=O) groups is 1. The van der Waals surface area contributed by atoms with Crippen molar-refractivity contribution < 1.29 is 4.79 Å². The summed E-state index contributed by atoms with van der Waals surface area (Å²) >= 11 is 0. The molecule has 4 heteroatoms. The van der Waals surface area contributed by atoms with E-state index in [1.54, 1.807) is 0 Å². The third kappa shape index (κ3) is 2.20. The molecule has 1 heterocycles. The van der Waals surface area contributed by atoms with Crippen LogP contribution in [0.4, 0.5) is 5.69 Å². The van der Waals surface area contributed by atoms with Crippen LogP contribution in [-0.4, -0.2) is 22.9 Å². The van der Waals surface area contributed by atoms with Gasteiger partial charge in [0.2, 0.25) is 0 Å². The highest BCUT2D eigenvalue weighted by molar-refractivity contribution is 5.95. The summed E-state index contributed by atoms with van der Waals surface area (Å²) in [5.41, 5.74) is 5.17. The Bertz CT molecular complexity index is 468. The number of benzene rings is 1. The van der Waals surface area contributed by atoms with E-state index in [-0.39, 0.29) is 11.4 Å². The standard InChI is InChI=1S/C14H21N3O/c1-10-9-11(5-6-12(10)16-15)13(18)17-8-4-7-14(17,2)3/h5-6,9,16H,4,7-8,15H2,1-3H3. The molecule has 2 rings (SSSR count). The predicted molar refractivity (Wildman–Crippen MR) is 73.3 cm³/mol. The SMILES string of the molecule is Cc1cc(C(=O)N2CCCC2(C)C)ccc1NN. The Balaban J connectivity index is 2.27. The zero-order chi connectivity index (χ0) is 13.3. The number of amides is 1. The molecule has 0 aromatic heterocycles. The van der Waals surface area contributed by atoms with E-state index in [1.807, 2.05) is 30.0 Å². The average molecular weight is 247 g/mol. The fourth-order valence-corrected chi connectivity index (χ4v) is 2.60. The molecule has 1 aromatic carbocycles. The number of anilines is 1. The molecule has 18 heavy (non-hydrogen) atoms. The van der Waals surface area contributed by atoms with Gasteiger partial charge in [0, 0.05) is 17.6 Å². The number of hydrazine groups is 1. The number of carbonyl (C=O) groups excluding carboxylic acids is 1. The van der Waals surface area contributed by atoms with Crippen molar-refractivity contribution in [3.63, 3.8) is 0 Å². The number of hydrogen-bond acceptors (Lipinski definition) is 3. The van der Waals surface area contributed by atoms with Crippen LogP contribution in [0.5, 0.6) is 0 Å². The molecule has 0 atom stereocenters. The molecule has 0 radical (unpaired) electrons. The van der Waals surface area contributed by atoms with E-state index in [2.05, 4.69) is 19.3 Å². The molecule has 0 aliphatic carbocycles. The summed E-state index contributed by atoms with van der Waals surface area (Å²) in [7, 11) is 0. The number of likely N-dealkylation sites (tertiary alicyclic amines) is 1. The van der Waals surface area contributed by atoms with Gasteiger partial charge in [-0.05, 0) is 57.4 Å². The van der Waals surface area contributed by atoms with E-state index in [0.717, 1.165) is 36.2 Å². The van der Waals surface area contributed by atoms with Gasteiger partial charge in [-0.1, -0.05) is 0 Å². The van der Waals surface area contributed by atoms with Gasteiger partial charge in [0.25, 0.3) is 5.91 Å². The van der Waals surface area contributed by atoms with Gasteiger partial charge in [-0.25, -0.2) is 0 Å². The lowest BCUT2D eigenvalue weighted by Crippen LogP contribution is -2.42. The van der Waals surface area contributed by atoms with Crippen molar-refractivity contribution in [1.82, 2.24) is 4.90 Å². The van der Waals surface area contributed by atoms with E-state index in [0.29, 0.717) is 0 Å². The van der Waals surface area contributed by atoms with E-state index in [4.69, 9.17) is 5.84 Å². The summed E-state index contributed by atoms with van der Waals surface area (Å²) < 4.78 is 0. The smallest absolute Gasteiger partial charge is 0.254 e. The fourth-order valence-electron chi connectivity index (χ4n) is 2.60. The Morgan fingerprint density at radius 2 is 2.17 bits per heavy atom. The van der Waals surface area contributed by atoms with E-state index < -0.39 is 0 Å². The first-order valence-electron chi connectivity index (χ1n) is 6.35. The Labute approximate surface area is 108 Å². The number of nitrogens with zero attached hydrogens (tertiary/aromatic N) is 1. The molecule has 0 unspecified atom stereocenters. The van der Waals surface area contributed by atoms with E-state index in [9.17, 15) is 4.79 Å². The van der Waals surface area contributed by atoms with Crippen LogP contribution in [0, 0.1) is 6.92 Å². The summed E-state index contributed by atoms with van der Waals surface area (Å²) in [6.45, 7) is 7.05. The van der Waals surface area contributed by atoms with Crippen molar-refractivity contribution in [2.24, 2.45) is 5.84 Å². The first-order chi connectivity index (χ1) is 8.45. The summed E-state index contributed by atoms with van der Waals surface area (Å²) in [4.78, 5) is 14.5. The van der Waals surface area contributed by atoms with Crippen molar-refractivity contribution >= 4 is 11.6 Å². The number of nitrogen functional groups attached to an aromatic ring is 1. The van der Waals surface area contributed by atoms with E-state index in [1.165, 1.54) is 0 Å². The van der Waals surface area contributed by atoms with Crippen LogP contribution < -0.4 is 11.3 Å². The molecule has 1 aliphatic heterocycles. The minimum absolute atomic E-state index is 0.0320. The second-order valence-corrected chi connectivity index (χ2v) is 5.55. The van der Waals surface area contributed by atoms with Crippen LogP contribution in [0.25, 0.3) is 0 Å². The number of rotatable bonds is 2. The van der Waals surface area contributed by atoms with Gasteiger partial charge in [-0.3, -0.25) is 10.6 Å². The van der Waals surface area contributed by atoms with Crippen molar-refractivity contribution in [2.75, 3.05) is 12.0 Å². The molecule has 1 aromatic rings. The molecule has 4 nitrogen and oxygen atoms in total. The van der Waals surface area contributed by atoms with Gasteiger partial charge < -0.3 is 10.3 Å². The van der Waals surface area contributed by atoms with Crippen LogP contribution in [-0.2, 0) is 0 Å². The Morgan fingerprint density at radius 1 is 1.44 bits per heavy atom. The van der Waals surface area contributed by atoms with Crippen molar-refractivity contribution in [3.05, 3.63) is 29.3 Å². The van der Waals surface area contributed by atoms with Gasteiger partial charge in [0.05, 0.1) is 5.69 Å². The van der Waals surface area contributed by atoms with Gasteiger partial charge in [-0.2, -0.15) is 0 Å². The van der Waals surface area contributed by atoms with Crippen LogP contribution in [0.15, 0.2) is 18.2 Å². The van der Waals surface area contributed by atoms with Crippen molar-refractivity contribution in [1.29, 1.82) is 0 Å². The van der Waals surface area contributed by atoms with Crippen LogP contribution in [0.3, 0.4) is 0 Å².